The topological polar surface area (TPSA) is 38.8 Å². The quantitative estimate of drug-likeness (QED) is 0.792. The first-order chi connectivity index (χ1) is 9.42. The van der Waals surface area contributed by atoms with Crippen molar-refractivity contribution >= 4 is 5.78 Å². The highest BCUT2D eigenvalue weighted by molar-refractivity contribution is 5.92. The standard InChI is InChI=1S/C17H22O3/c1-16(2)10-17(3,14(18)13-15(16)20-13)11-19-9-12-7-5-4-6-8-12/h4-8,13,15H,9-11H2,1-3H3. The molecule has 0 N–H and O–H groups in total. The van der Waals surface area contributed by atoms with Crippen molar-refractivity contribution in [3.63, 3.8) is 0 Å². The minimum Gasteiger partial charge on any atom is -0.376 e. The average molecular weight is 274 g/mol. The highest BCUT2D eigenvalue weighted by atomic mass is 16.6. The van der Waals surface area contributed by atoms with Crippen molar-refractivity contribution in [1.29, 1.82) is 0 Å². The van der Waals surface area contributed by atoms with Crippen molar-refractivity contribution in [3.8, 4) is 0 Å². The fourth-order valence-electron chi connectivity index (χ4n) is 3.53. The lowest BCUT2D eigenvalue weighted by Crippen LogP contribution is -2.47. The van der Waals surface area contributed by atoms with Crippen molar-refractivity contribution in [3.05, 3.63) is 35.9 Å². The molecule has 108 valence electrons. The number of fused-ring (bicyclic) bond motifs is 1. The highest BCUT2D eigenvalue weighted by Crippen LogP contribution is 2.53. The summed E-state index contributed by atoms with van der Waals surface area (Å²) in [6, 6.07) is 10.1. The number of carbonyl (C=O) groups excluding carboxylic acids is 1. The Morgan fingerprint density at radius 1 is 1.25 bits per heavy atom. The van der Waals surface area contributed by atoms with E-state index in [2.05, 4.69) is 13.8 Å². The average Bonchev–Trinajstić information content (AvgIpc) is 3.18. The predicted molar refractivity (Wildman–Crippen MR) is 76.3 cm³/mol. The molecule has 0 bridgehead atoms. The molecule has 3 nitrogen and oxygen atoms in total. The summed E-state index contributed by atoms with van der Waals surface area (Å²) in [5, 5.41) is 0. The van der Waals surface area contributed by atoms with Crippen molar-refractivity contribution in [2.45, 2.75) is 46.0 Å². The van der Waals surface area contributed by atoms with Crippen LogP contribution in [0.1, 0.15) is 32.8 Å². The van der Waals surface area contributed by atoms with Crippen LogP contribution in [0.15, 0.2) is 30.3 Å². The lowest BCUT2D eigenvalue weighted by molar-refractivity contribution is -0.136. The molecule has 0 radical (unpaired) electrons. The molecular formula is C17H22O3. The Kier molecular flexibility index (Phi) is 3.22. The maximum atomic E-state index is 12.4. The van der Waals surface area contributed by atoms with E-state index >= 15 is 0 Å². The third-order valence-electron chi connectivity index (χ3n) is 4.49. The number of benzene rings is 1. The van der Waals surface area contributed by atoms with Gasteiger partial charge in [-0.3, -0.25) is 4.79 Å². The van der Waals surface area contributed by atoms with E-state index in [4.69, 9.17) is 9.47 Å². The number of epoxide rings is 1. The van der Waals surface area contributed by atoms with Gasteiger partial charge in [0, 0.05) is 0 Å². The zero-order valence-electron chi connectivity index (χ0n) is 12.4. The van der Waals surface area contributed by atoms with Gasteiger partial charge in [-0.05, 0) is 17.4 Å². The molecule has 1 aromatic carbocycles. The Morgan fingerprint density at radius 2 is 1.95 bits per heavy atom. The molecule has 0 amide bonds. The molecule has 2 fully saturated rings. The smallest absolute Gasteiger partial charge is 0.172 e. The molecule has 1 saturated heterocycles. The summed E-state index contributed by atoms with van der Waals surface area (Å²) < 4.78 is 11.4. The van der Waals surface area contributed by atoms with E-state index in [0.717, 1.165) is 12.0 Å². The molecule has 1 aliphatic carbocycles. The van der Waals surface area contributed by atoms with Gasteiger partial charge in [0.15, 0.2) is 5.78 Å². The first-order valence-electron chi connectivity index (χ1n) is 7.24. The molecule has 20 heavy (non-hydrogen) atoms. The molecule has 0 aromatic heterocycles. The van der Waals surface area contributed by atoms with Gasteiger partial charge in [-0.1, -0.05) is 51.1 Å². The fourth-order valence-corrected chi connectivity index (χ4v) is 3.53. The Hall–Kier alpha value is -1.19. The zero-order valence-corrected chi connectivity index (χ0v) is 12.4. The first kappa shape index (κ1) is 13.8. The van der Waals surface area contributed by atoms with E-state index in [1.165, 1.54) is 0 Å². The van der Waals surface area contributed by atoms with Gasteiger partial charge >= 0.3 is 0 Å². The van der Waals surface area contributed by atoms with Crippen LogP contribution < -0.4 is 0 Å². The van der Waals surface area contributed by atoms with Gasteiger partial charge in [-0.25, -0.2) is 0 Å². The highest BCUT2D eigenvalue weighted by Gasteiger charge is 2.63. The van der Waals surface area contributed by atoms with Crippen molar-refractivity contribution in [2.24, 2.45) is 10.8 Å². The molecule has 1 aliphatic heterocycles. The molecule has 3 atom stereocenters. The first-order valence-corrected chi connectivity index (χ1v) is 7.24. The van der Waals surface area contributed by atoms with E-state index < -0.39 is 5.41 Å². The Labute approximate surface area is 120 Å². The van der Waals surface area contributed by atoms with Crippen LogP contribution in [-0.2, 0) is 20.9 Å². The molecule has 1 aromatic rings. The molecule has 3 heteroatoms. The maximum absolute atomic E-state index is 12.4. The largest absolute Gasteiger partial charge is 0.376 e. The second-order valence-corrected chi connectivity index (χ2v) is 7.05. The lowest BCUT2D eigenvalue weighted by Gasteiger charge is -2.38. The molecule has 3 unspecified atom stereocenters. The number of hydrogen-bond donors (Lipinski definition) is 0. The summed E-state index contributed by atoms with van der Waals surface area (Å²) in [5.74, 6) is 0.217. The van der Waals surface area contributed by atoms with Crippen LogP contribution >= 0.6 is 0 Å². The Morgan fingerprint density at radius 3 is 2.65 bits per heavy atom. The van der Waals surface area contributed by atoms with Gasteiger partial charge in [0.25, 0.3) is 0 Å². The summed E-state index contributed by atoms with van der Waals surface area (Å²) in [6.45, 7) is 7.40. The number of Topliss-reactive ketones (excluding diaryl/α,β-unsaturated/α-hetero) is 1. The third-order valence-corrected chi connectivity index (χ3v) is 4.49. The molecule has 0 spiro atoms. The van der Waals surface area contributed by atoms with Crippen LogP contribution in [0.5, 0.6) is 0 Å². The van der Waals surface area contributed by atoms with Gasteiger partial charge < -0.3 is 9.47 Å². The van der Waals surface area contributed by atoms with Crippen molar-refractivity contribution in [2.75, 3.05) is 6.61 Å². The maximum Gasteiger partial charge on any atom is 0.172 e. The summed E-state index contributed by atoms with van der Waals surface area (Å²) in [4.78, 5) is 12.4. The predicted octanol–water partition coefficient (Wildman–Crippen LogP) is 2.98. The lowest BCUT2D eigenvalue weighted by atomic mass is 9.64. The summed E-state index contributed by atoms with van der Waals surface area (Å²) >= 11 is 0. The van der Waals surface area contributed by atoms with Gasteiger partial charge in [-0.15, -0.1) is 0 Å². The van der Waals surface area contributed by atoms with E-state index in [1.807, 2.05) is 37.3 Å². The van der Waals surface area contributed by atoms with E-state index in [1.54, 1.807) is 0 Å². The van der Waals surface area contributed by atoms with Gasteiger partial charge in [0.2, 0.25) is 0 Å². The zero-order chi connectivity index (χ0) is 14.4. The SMILES string of the molecule is CC1(COCc2ccccc2)CC(C)(C)C2OC2C1=O. The molecule has 1 saturated carbocycles. The number of hydrogen-bond acceptors (Lipinski definition) is 3. The number of carbonyl (C=O) groups is 1. The summed E-state index contributed by atoms with van der Waals surface area (Å²) in [6.07, 6.45) is 0.760. The van der Waals surface area contributed by atoms with Crippen LogP contribution in [0.2, 0.25) is 0 Å². The van der Waals surface area contributed by atoms with Crippen LogP contribution in [0, 0.1) is 10.8 Å². The van der Waals surface area contributed by atoms with Gasteiger partial charge in [0.1, 0.15) is 6.10 Å². The molecular weight excluding hydrogens is 252 g/mol. The van der Waals surface area contributed by atoms with Crippen LogP contribution in [0.3, 0.4) is 0 Å². The van der Waals surface area contributed by atoms with E-state index in [-0.39, 0.29) is 23.4 Å². The monoisotopic (exact) mass is 274 g/mol. The molecule has 1 heterocycles. The fraction of sp³-hybridized carbons (Fsp3) is 0.588. The Bertz CT molecular complexity index is 508. The Balaban J connectivity index is 1.62. The van der Waals surface area contributed by atoms with Gasteiger partial charge in [0.05, 0.1) is 24.7 Å². The van der Waals surface area contributed by atoms with Crippen molar-refractivity contribution < 1.29 is 14.3 Å². The number of ketones is 1. The van der Waals surface area contributed by atoms with Crippen molar-refractivity contribution in [1.82, 2.24) is 0 Å². The van der Waals surface area contributed by atoms with Crippen LogP contribution in [0.25, 0.3) is 0 Å². The third kappa shape index (κ3) is 2.40. The second-order valence-electron chi connectivity index (χ2n) is 7.05. The number of ether oxygens (including phenoxy) is 2. The normalized spacial score (nSPS) is 34.6. The summed E-state index contributed by atoms with van der Waals surface area (Å²) in [5.41, 5.74) is 0.776. The van der Waals surface area contributed by atoms with Crippen LogP contribution in [-0.4, -0.2) is 24.6 Å². The second kappa shape index (κ2) is 4.68. The molecule has 2 aliphatic rings. The minimum absolute atomic E-state index is 0.0590. The van der Waals surface area contributed by atoms with Crippen LogP contribution in [0.4, 0.5) is 0 Å². The van der Waals surface area contributed by atoms with E-state index in [9.17, 15) is 4.79 Å². The number of rotatable bonds is 4. The molecule has 3 rings (SSSR count). The minimum atomic E-state index is -0.421. The van der Waals surface area contributed by atoms with Gasteiger partial charge in [-0.2, -0.15) is 0 Å². The van der Waals surface area contributed by atoms with E-state index in [0.29, 0.717) is 13.2 Å². The summed E-state index contributed by atoms with van der Waals surface area (Å²) in [7, 11) is 0.